The van der Waals surface area contributed by atoms with Gasteiger partial charge in [0.05, 0.1) is 0 Å². The van der Waals surface area contributed by atoms with Crippen LogP contribution >= 0.6 is 7.59 Å². The van der Waals surface area contributed by atoms with Crippen molar-refractivity contribution in [3.8, 4) is 0 Å². The Morgan fingerprint density at radius 2 is 0.933 bits per heavy atom. The minimum Gasteiger partial charge on any atom is -0.300 e. The van der Waals surface area contributed by atoms with Crippen LogP contribution in [0.5, 0.6) is 0 Å². The lowest BCUT2D eigenvalue weighted by Gasteiger charge is -2.34. The minimum absolute atomic E-state index is 0.167. The van der Waals surface area contributed by atoms with Crippen molar-refractivity contribution in [1.82, 2.24) is 14.0 Å². The zero-order valence-electron chi connectivity index (χ0n) is 11.1. The fourth-order valence-electron chi connectivity index (χ4n) is 1.07. The maximum absolute atomic E-state index is 12.1. The Bertz CT molecular complexity index is 207. The van der Waals surface area contributed by atoms with E-state index in [1.54, 1.807) is 14.0 Å². The van der Waals surface area contributed by atoms with Gasteiger partial charge in [0.15, 0.2) is 0 Å². The quantitative estimate of drug-likeness (QED) is 0.694. The smallest absolute Gasteiger partial charge is 0.285 e. The summed E-state index contributed by atoms with van der Waals surface area (Å²) in [5, 5.41) is 0. The SMILES string of the molecule is CC(C)=O.CN(C)P(=O)(N(C)C)N(C)C. The van der Waals surface area contributed by atoms with E-state index in [1.165, 1.54) is 13.8 Å². The number of hydrogen-bond donors (Lipinski definition) is 0. The van der Waals surface area contributed by atoms with Gasteiger partial charge in [-0.25, -0.2) is 14.0 Å². The summed E-state index contributed by atoms with van der Waals surface area (Å²) in [5.41, 5.74) is 0. The number of rotatable bonds is 3. The van der Waals surface area contributed by atoms with Crippen molar-refractivity contribution >= 4 is 13.4 Å². The van der Waals surface area contributed by atoms with Gasteiger partial charge in [0.1, 0.15) is 5.78 Å². The summed E-state index contributed by atoms with van der Waals surface area (Å²) < 4.78 is 17.3. The van der Waals surface area contributed by atoms with Crippen LogP contribution in [0.4, 0.5) is 0 Å². The van der Waals surface area contributed by atoms with Crippen LogP contribution < -0.4 is 0 Å². The van der Waals surface area contributed by atoms with Gasteiger partial charge >= 0.3 is 0 Å². The highest BCUT2D eigenvalue weighted by atomic mass is 31.2. The highest BCUT2D eigenvalue weighted by Crippen LogP contribution is 2.50. The van der Waals surface area contributed by atoms with Gasteiger partial charge in [0.25, 0.3) is 7.59 Å². The second kappa shape index (κ2) is 7.12. The van der Waals surface area contributed by atoms with Gasteiger partial charge in [0, 0.05) is 0 Å². The molecule has 0 N–H and O–H groups in total. The first-order chi connectivity index (χ1) is 6.56. The summed E-state index contributed by atoms with van der Waals surface area (Å²) in [6.45, 7) is 3.06. The summed E-state index contributed by atoms with van der Waals surface area (Å²) in [6, 6.07) is 0. The van der Waals surface area contributed by atoms with E-state index in [-0.39, 0.29) is 5.78 Å². The fraction of sp³-hybridized carbons (Fsp3) is 0.889. The molecule has 0 spiro atoms. The van der Waals surface area contributed by atoms with E-state index in [0.717, 1.165) is 0 Å². The Hall–Kier alpha value is -0.220. The predicted molar refractivity (Wildman–Crippen MR) is 65.0 cm³/mol. The molecule has 0 aliphatic heterocycles. The molecule has 15 heavy (non-hydrogen) atoms. The molecule has 0 rings (SSSR count). The average Bonchev–Trinajstić information content (AvgIpc) is 2.00. The number of hydrogen-bond acceptors (Lipinski definition) is 2. The molecule has 0 aliphatic rings. The molecule has 0 heterocycles. The Balaban J connectivity index is 0. The number of carbonyl (C=O) groups excluding carboxylic acids is 1. The number of Topliss-reactive ketones (excluding diaryl/α,β-unsaturated/α-hetero) is 1. The number of ketones is 1. The summed E-state index contributed by atoms with van der Waals surface area (Å²) in [7, 11) is 8.49. The summed E-state index contributed by atoms with van der Waals surface area (Å²) >= 11 is 0. The average molecular weight is 237 g/mol. The van der Waals surface area contributed by atoms with Crippen LogP contribution in [-0.2, 0) is 9.36 Å². The van der Waals surface area contributed by atoms with Crippen molar-refractivity contribution < 1.29 is 9.36 Å². The van der Waals surface area contributed by atoms with E-state index in [2.05, 4.69) is 0 Å². The zero-order valence-corrected chi connectivity index (χ0v) is 12.0. The zero-order chi connectivity index (χ0) is 12.8. The lowest BCUT2D eigenvalue weighted by Crippen LogP contribution is -2.30. The molecule has 0 unspecified atom stereocenters. The van der Waals surface area contributed by atoms with Gasteiger partial charge in [-0.3, -0.25) is 4.57 Å². The first-order valence-corrected chi connectivity index (χ1v) is 6.24. The summed E-state index contributed by atoms with van der Waals surface area (Å²) in [5.74, 6) is 0.167. The van der Waals surface area contributed by atoms with Crippen molar-refractivity contribution in [1.29, 1.82) is 0 Å². The second-order valence-electron chi connectivity index (χ2n) is 3.96. The highest BCUT2D eigenvalue weighted by molar-refractivity contribution is 7.56. The Morgan fingerprint density at radius 1 is 0.800 bits per heavy atom. The first kappa shape index (κ1) is 17.2. The van der Waals surface area contributed by atoms with E-state index in [4.69, 9.17) is 0 Å². The standard InChI is InChI=1S/C6H18N3OP.C3H6O/c1-7(2)11(10,8(3)4)9(5)6;1-3(2)4/h1-6H3;1-2H3. The summed E-state index contributed by atoms with van der Waals surface area (Å²) in [6.07, 6.45) is 0. The first-order valence-electron chi connectivity index (χ1n) is 4.67. The fourth-order valence-corrected chi connectivity index (χ4v) is 3.22. The third-order valence-corrected chi connectivity index (χ3v) is 4.69. The number of carbonyl (C=O) groups is 1. The van der Waals surface area contributed by atoms with Crippen molar-refractivity contribution in [2.24, 2.45) is 0 Å². The molecular weight excluding hydrogens is 213 g/mol. The maximum Gasteiger partial charge on any atom is 0.285 e. The number of nitrogens with zero attached hydrogens (tertiary/aromatic N) is 3. The van der Waals surface area contributed by atoms with Gasteiger partial charge in [-0.05, 0) is 56.1 Å². The molecular formula is C9H24N3O2P. The molecule has 0 radical (unpaired) electrons. The van der Waals surface area contributed by atoms with Crippen LogP contribution in [0, 0.1) is 0 Å². The predicted octanol–water partition coefficient (Wildman–Crippen LogP) is 1.37. The molecule has 0 bridgehead atoms. The van der Waals surface area contributed by atoms with Gasteiger partial charge in [-0.15, -0.1) is 0 Å². The van der Waals surface area contributed by atoms with Crippen LogP contribution in [0.15, 0.2) is 0 Å². The van der Waals surface area contributed by atoms with Crippen molar-refractivity contribution in [2.45, 2.75) is 13.8 Å². The molecule has 0 saturated heterocycles. The monoisotopic (exact) mass is 237 g/mol. The third kappa shape index (κ3) is 6.05. The second-order valence-corrected chi connectivity index (χ2v) is 7.39. The van der Waals surface area contributed by atoms with Crippen LogP contribution in [0.2, 0.25) is 0 Å². The van der Waals surface area contributed by atoms with E-state index < -0.39 is 7.59 Å². The van der Waals surface area contributed by atoms with Gasteiger partial charge in [0.2, 0.25) is 0 Å². The van der Waals surface area contributed by atoms with Crippen molar-refractivity contribution in [2.75, 3.05) is 42.3 Å². The molecule has 92 valence electrons. The molecule has 0 aromatic heterocycles. The Kier molecular flexibility index (Phi) is 8.16. The molecule has 0 saturated carbocycles. The molecule has 0 aromatic rings. The van der Waals surface area contributed by atoms with Crippen LogP contribution in [0.3, 0.4) is 0 Å². The van der Waals surface area contributed by atoms with Gasteiger partial charge in [-0.1, -0.05) is 0 Å². The Morgan fingerprint density at radius 3 is 0.933 bits per heavy atom. The third-order valence-electron chi connectivity index (χ3n) is 1.56. The molecule has 0 amide bonds. The largest absolute Gasteiger partial charge is 0.300 e. The topological polar surface area (TPSA) is 43.9 Å². The van der Waals surface area contributed by atoms with E-state index in [0.29, 0.717) is 0 Å². The molecule has 0 aliphatic carbocycles. The van der Waals surface area contributed by atoms with E-state index in [1.807, 2.05) is 42.3 Å². The van der Waals surface area contributed by atoms with Crippen molar-refractivity contribution in [3.63, 3.8) is 0 Å². The highest BCUT2D eigenvalue weighted by Gasteiger charge is 2.30. The van der Waals surface area contributed by atoms with Crippen LogP contribution in [0.1, 0.15) is 13.8 Å². The summed E-state index contributed by atoms with van der Waals surface area (Å²) in [4.78, 5) is 9.44. The molecule has 0 atom stereocenters. The molecule has 6 heteroatoms. The minimum atomic E-state index is -2.44. The van der Waals surface area contributed by atoms with Crippen LogP contribution in [-0.4, -0.2) is 62.1 Å². The Labute approximate surface area is 93.6 Å². The van der Waals surface area contributed by atoms with E-state index in [9.17, 15) is 9.36 Å². The van der Waals surface area contributed by atoms with Crippen LogP contribution in [0.25, 0.3) is 0 Å². The van der Waals surface area contributed by atoms with Gasteiger partial charge in [-0.2, -0.15) is 0 Å². The lowest BCUT2D eigenvalue weighted by molar-refractivity contribution is -0.114. The van der Waals surface area contributed by atoms with E-state index >= 15 is 0 Å². The molecule has 0 aromatic carbocycles. The maximum atomic E-state index is 12.1. The van der Waals surface area contributed by atoms with Gasteiger partial charge < -0.3 is 4.79 Å². The normalized spacial score (nSPS) is 11.7. The molecule has 5 nitrogen and oxygen atoms in total. The molecule has 0 fully saturated rings. The van der Waals surface area contributed by atoms with Crippen molar-refractivity contribution in [3.05, 3.63) is 0 Å². The lowest BCUT2D eigenvalue weighted by atomic mass is 10.6.